The number of hydrogen-bond donors (Lipinski definition) is 1. The quantitative estimate of drug-likeness (QED) is 0.653. The minimum Gasteiger partial charge on any atom is -0.493 e. The molecule has 0 saturated carbocycles. The van der Waals surface area contributed by atoms with Crippen LogP contribution in [0.25, 0.3) is 6.08 Å². The minimum atomic E-state index is -0.277. The third-order valence-electron chi connectivity index (χ3n) is 4.77. The van der Waals surface area contributed by atoms with Crippen molar-refractivity contribution in [2.45, 2.75) is 32.8 Å². The van der Waals surface area contributed by atoms with Crippen LogP contribution in [-0.2, 0) is 9.53 Å². The topological polar surface area (TPSA) is 66.0 Å². The largest absolute Gasteiger partial charge is 0.493 e. The number of carbonyl (C=O) groups is 1. The lowest BCUT2D eigenvalue weighted by atomic mass is 10.2. The Kier molecular flexibility index (Phi) is 7.74. The number of benzene rings is 2. The maximum absolute atomic E-state index is 12.5. The first-order valence-electron chi connectivity index (χ1n) is 10.2. The molecule has 0 radical (unpaired) electrons. The zero-order chi connectivity index (χ0) is 21.3. The van der Waals surface area contributed by atoms with E-state index in [0.29, 0.717) is 29.5 Å². The number of nitrogens with one attached hydrogen (secondary N) is 1. The van der Waals surface area contributed by atoms with Crippen molar-refractivity contribution < 1.29 is 23.7 Å². The summed E-state index contributed by atoms with van der Waals surface area (Å²) < 4.78 is 22.6. The molecule has 160 valence electrons. The summed E-state index contributed by atoms with van der Waals surface area (Å²) in [4.78, 5) is 12.5. The third-order valence-corrected chi connectivity index (χ3v) is 4.77. The highest BCUT2D eigenvalue weighted by Crippen LogP contribution is 2.29. The first-order valence-corrected chi connectivity index (χ1v) is 10.2. The molecule has 0 bridgehead atoms. The predicted molar refractivity (Wildman–Crippen MR) is 117 cm³/mol. The Labute approximate surface area is 177 Å². The van der Waals surface area contributed by atoms with Gasteiger partial charge >= 0.3 is 0 Å². The fraction of sp³-hybridized carbons (Fsp3) is 0.375. The normalized spacial score (nSPS) is 15.9. The van der Waals surface area contributed by atoms with Crippen LogP contribution in [0.1, 0.15) is 30.9 Å². The average molecular weight is 411 g/mol. The number of carbonyl (C=O) groups excluding carboxylic acids is 1. The molecule has 1 aliphatic rings. The molecule has 1 unspecified atom stereocenters. The highest BCUT2D eigenvalue weighted by Gasteiger charge is 2.17. The number of methoxy groups -OCH3 is 1. The van der Waals surface area contributed by atoms with Gasteiger partial charge in [0.25, 0.3) is 5.91 Å². The predicted octanol–water partition coefficient (Wildman–Crippen LogP) is 4.61. The van der Waals surface area contributed by atoms with Crippen LogP contribution in [0, 0.1) is 6.92 Å². The van der Waals surface area contributed by atoms with E-state index in [1.54, 1.807) is 13.2 Å². The van der Waals surface area contributed by atoms with Crippen LogP contribution in [0.2, 0.25) is 0 Å². The van der Waals surface area contributed by atoms with E-state index in [1.165, 1.54) is 0 Å². The van der Waals surface area contributed by atoms with Crippen molar-refractivity contribution in [2.75, 3.05) is 32.2 Å². The molecule has 0 spiro atoms. The molecule has 0 aliphatic carbocycles. The highest BCUT2D eigenvalue weighted by atomic mass is 16.5. The molecule has 1 fully saturated rings. The zero-order valence-electron chi connectivity index (χ0n) is 17.8. The summed E-state index contributed by atoms with van der Waals surface area (Å²) in [6.07, 6.45) is 6.07. The van der Waals surface area contributed by atoms with Gasteiger partial charge in [0.1, 0.15) is 12.4 Å². The van der Waals surface area contributed by atoms with Gasteiger partial charge in [0.15, 0.2) is 18.1 Å². The Balaban J connectivity index is 1.60. The summed E-state index contributed by atoms with van der Waals surface area (Å²) in [7, 11) is 1.58. The molecule has 1 amide bonds. The number of rotatable bonds is 9. The third kappa shape index (κ3) is 6.00. The number of hydrogen-bond acceptors (Lipinski definition) is 5. The van der Waals surface area contributed by atoms with Crippen LogP contribution in [0.15, 0.2) is 42.5 Å². The summed E-state index contributed by atoms with van der Waals surface area (Å²) in [5.74, 6) is 1.45. The Morgan fingerprint density at radius 1 is 1.17 bits per heavy atom. The van der Waals surface area contributed by atoms with Gasteiger partial charge in [0.05, 0.1) is 18.9 Å². The number of allylic oxidation sites excluding steroid dienone is 1. The van der Waals surface area contributed by atoms with Crippen molar-refractivity contribution >= 4 is 17.7 Å². The lowest BCUT2D eigenvalue weighted by Crippen LogP contribution is -2.22. The first-order chi connectivity index (χ1) is 14.6. The van der Waals surface area contributed by atoms with Crippen LogP contribution in [-0.4, -0.2) is 38.9 Å². The van der Waals surface area contributed by atoms with E-state index in [4.69, 9.17) is 18.9 Å². The summed E-state index contributed by atoms with van der Waals surface area (Å²) in [6.45, 7) is 5.04. The van der Waals surface area contributed by atoms with Gasteiger partial charge in [-0.1, -0.05) is 24.3 Å². The standard InChI is InChI=1S/C24H29NO5/c1-4-6-18-9-11-21(23(14-18)27-3)30-16-24(26)25-20-10-8-17(2)13-22(20)29-15-19-7-5-12-28-19/h4,6,8-11,13-14,19H,5,7,12,15-16H2,1-3H3,(H,25,26)/b6-4+. The summed E-state index contributed by atoms with van der Waals surface area (Å²) in [5, 5.41) is 2.87. The van der Waals surface area contributed by atoms with Crippen LogP contribution >= 0.6 is 0 Å². The molecule has 6 heteroatoms. The van der Waals surface area contributed by atoms with Crippen molar-refractivity contribution in [2.24, 2.45) is 0 Å². The zero-order valence-corrected chi connectivity index (χ0v) is 17.8. The fourth-order valence-electron chi connectivity index (χ4n) is 3.24. The summed E-state index contributed by atoms with van der Waals surface area (Å²) in [5.41, 5.74) is 2.67. The molecule has 1 N–H and O–H groups in total. The SMILES string of the molecule is C/C=C/c1ccc(OCC(=O)Nc2ccc(C)cc2OCC2CCCO2)c(OC)c1. The van der Waals surface area contributed by atoms with Gasteiger partial charge in [-0.15, -0.1) is 0 Å². The number of aryl methyl sites for hydroxylation is 1. The molecular formula is C24H29NO5. The van der Waals surface area contributed by atoms with Gasteiger partial charge < -0.3 is 24.3 Å². The first kappa shape index (κ1) is 21.7. The van der Waals surface area contributed by atoms with Crippen molar-refractivity contribution in [3.63, 3.8) is 0 Å². The molecule has 2 aromatic carbocycles. The molecule has 0 aromatic heterocycles. The van der Waals surface area contributed by atoms with Gasteiger partial charge in [-0.2, -0.15) is 0 Å². The van der Waals surface area contributed by atoms with E-state index in [0.717, 1.165) is 30.6 Å². The van der Waals surface area contributed by atoms with Crippen molar-refractivity contribution in [3.05, 3.63) is 53.6 Å². The lowest BCUT2D eigenvalue weighted by molar-refractivity contribution is -0.118. The lowest BCUT2D eigenvalue weighted by Gasteiger charge is -2.16. The van der Waals surface area contributed by atoms with E-state index in [9.17, 15) is 4.79 Å². The van der Waals surface area contributed by atoms with Gasteiger partial charge in [-0.3, -0.25) is 4.79 Å². The van der Waals surface area contributed by atoms with E-state index < -0.39 is 0 Å². The number of anilines is 1. The molecule has 1 heterocycles. The second-order valence-electron chi connectivity index (χ2n) is 7.19. The van der Waals surface area contributed by atoms with E-state index in [2.05, 4.69) is 5.32 Å². The van der Waals surface area contributed by atoms with Crippen LogP contribution in [0.3, 0.4) is 0 Å². The van der Waals surface area contributed by atoms with Gasteiger partial charge in [0, 0.05) is 6.61 Å². The smallest absolute Gasteiger partial charge is 0.262 e. The van der Waals surface area contributed by atoms with Gasteiger partial charge in [0.2, 0.25) is 0 Å². The number of amides is 1. The molecule has 1 aliphatic heterocycles. The minimum absolute atomic E-state index is 0.107. The van der Waals surface area contributed by atoms with E-state index in [1.807, 2.05) is 56.3 Å². The molecule has 1 atom stereocenters. The highest BCUT2D eigenvalue weighted by molar-refractivity contribution is 5.93. The molecule has 30 heavy (non-hydrogen) atoms. The molecule has 6 nitrogen and oxygen atoms in total. The maximum atomic E-state index is 12.5. The van der Waals surface area contributed by atoms with E-state index >= 15 is 0 Å². The van der Waals surface area contributed by atoms with Gasteiger partial charge in [-0.05, 0) is 62.1 Å². The number of ether oxygens (including phenoxy) is 4. The Morgan fingerprint density at radius 2 is 2.03 bits per heavy atom. The fourth-order valence-corrected chi connectivity index (χ4v) is 3.24. The molecule has 3 rings (SSSR count). The summed E-state index contributed by atoms with van der Waals surface area (Å²) in [6, 6.07) is 11.2. The summed E-state index contributed by atoms with van der Waals surface area (Å²) >= 11 is 0. The van der Waals surface area contributed by atoms with Crippen molar-refractivity contribution in [1.29, 1.82) is 0 Å². The van der Waals surface area contributed by atoms with Crippen molar-refractivity contribution in [3.8, 4) is 17.2 Å². The maximum Gasteiger partial charge on any atom is 0.262 e. The monoisotopic (exact) mass is 411 g/mol. The second kappa shape index (κ2) is 10.7. The molecular weight excluding hydrogens is 382 g/mol. The Hall–Kier alpha value is -2.99. The van der Waals surface area contributed by atoms with Crippen LogP contribution < -0.4 is 19.5 Å². The molecule has 1 saturated heterocycles. The van der Waals surface area contributed by atoms with Gasteiger partial charge in [-0.25, -0.2) is 0 Å². The molecule has 2 aromatic rings. The average Bonchev–Trinajstić information content (AvgIpc) is 3.26. The van der Waals surface area contributed by atoms with E-state index in [-0.39, 0.29) is 18.6 Å². The van der Waals surface area contributed by atoms with Crippen molar-refractivity contribution in [1.82, 2.24) is 0 Å². The van der Waals surface area contributed by atoms with Crippen LogP contribution in [0.4, 0.5) is 5.69 Å². The van der Waals surface area contributed by atoms with Crippen LogP contribution in [0.5, 0.6) is 17.2 Å². The Morgan fingerprint density at radius 3 is 2.77 bits per heavy atom. The second-order valence-corrected chi connectivity index (χ2v) is 7.19. The Bertz CT molecular complexity index is 887.